The van der Waals surface area contributed by atoms with Crippen LogP contribution in [0.4, 0.5) is 4.79 Å². The molecule has 0 spiro atoms. The predicted octanol–water partition coefficient (Wildman–Crippen LogP) is 3.99. The maximum atomic E-state index is 13.8. The number of ether oxygens (including phenoxy) is 3. The van der Waals surface area contributed by atoms with Crippen LogP contribution >= 0.6 is 0 Å². The Kier molecular flexibility index (Phi) is 6.16. The summed E-state index contributed by atoms with van der Waals surface area (Å²) in [7, 11) is -1.21. The smallest absolute Gasteiger partial charge is 0.414 e. The molecular weight excluding hydrogens is 372 g/mol. The first-order valence-electron chi connectivity index (χ1n) is 10.4. The molecule has 5 atom stereocenters. The molecule has 0 aliphatic carbocycles. The third kappa shape index (κ3) is 4.30. The Morgan fingerprint density at radius 2 is 1.68 bits per heavy atom. The largest absolute Gasteiger partial charge is 0.516 e. The first-order chi connectivity index (χ1) is 12.5. The summed E-state index contributed by atoms with van der Waals surface area (Å²) >= 11 is 0. The molecule has 0 N–H and O–H groups in total. The third-order valence-corrected chi connectivity index (χ3v) is 6.87. The van der Waals surface area contributed by atoms with Crippen LogP contribution in [0.25, 0.3) is 0 Å². The first kappa shape index (κ1) is 23.3. The zero-order valence-corrected chi connectivity index (χ0v) is 20.5. The number of nitriles is 1. The van der Waals surface area contributed by atoms with Crippen molar-refractivity contribution in [2.75, 3.05) is 6.17 Å². The highest BCUT2D eigenvalue weighted by Gasteiger charge is 2.73. The zero-order valence-electron chi connectivity index (χ0n) is 19.3. The van der Waals surface area contributed by atoms with Gasteiger partial charge >= 0.3 is 6.09 Å². The second-order valence-corrected chi connectivity index (χ2v) is 14.4. The van der Waals surface area contributed by atoms with Gasteiger partial charge in [-0.1, -0.05) is 33.9 Å². The zero-order chi connectivity index (χ0) is 21.7. The fourth-order valence-electron chi connectivity index (χ4n) is 5.17. The highest BCUT2D eigenvalue weighted by atomic mass is 28.3. The standard InChI is InChI=1S/C21H39N2O4Si/c1-19(2,3)17-16-15(25-21(7,8)26-16)14(11-12-22)23(17,13-28(9)10)18(24)27-20(4,5)6/h14-17,28H,11,13H2,1-10H3/q+1. The molecule has 6 nitrogen and oxygen atoms in total. The summed E-state index contributed by atoms with van der Waals surface area (Å²) < 4.78 is 18.8. The third-order valence-electron chi connectivity index (χ3n) is 5.53. The molecule has 2 saturated heterocycles. The van der Waals surface area contributed by atoms with Crippen molar-refractivity contribution in [3.8, 4) is 6.07 Å². The number of likely N-dealkylation sites (tertiary alicyclic amines) is 1. The van der Waals surface area contributed by atoms with Crippen LogP contribution in [0.2, 0.25) is 13.1 Å². The Labute approximate surface area is 172 Å². The van der Waals surface area contributed by atoms with E-state index in [0.29, 0.717) is 0 Å². The van der Waals surface area contributed by atoms with E-state index in [2.05, 4.69) is 39.9 Å². The molecule has 0 saturated carbocycles. The molecule has 5 unspecified atom stereocenters. The van der Waals surface area contributed by atoms with Gasteiger partial charge < -0.3 is 14.2 Å². The first-order valence-corrected chi connectivity index (χ1v) is 13.5. The molecule has 2 rings (SSSR count). The van der Waals surface area contributed by atoms with Gasteiger partial charge in [0.25, 0.3) is 0 Å². The van der Waals surface area contributed by atoms with Gasteiger partial charge in [-0.3, -0.25) is 0 Å². The molecule has 0 aromatic rings. The Bertz CT molecular complexity index is 644. The molecule has 0 aromatic carbocycles. The average Bonchev–Trinajstić information content (AvgIpc) is 2.86. The summed E-state index contributed by atoms with van der Waals surface area (Å²) in [5.41, 5.74) is -0.823. The number of hydrogen-bond acceptors (Lipinski definition) is 5. The van der Waals surface area contributed by atoms with E-state index in [9.17, 15) is 10.1 Å². The van der Waals surface area contributed by atoms with Crippen LogP contribution in [0, 0.1) is 16.7 Å². The minimum atomic E-state index is -1.21. The van der Waals surface area contributed by atoms with Crippen molar-refractivity contribution in [3.05, 3.63) is 0 Å². The fourth-order valence-corrected chi connectivity index (χ4v) is 7.03. The number of carbonyl (C=O) groups excluding carboxylic acids is 1. The van der Waals surface area contributed by atoms with E-state index in [4.69, 9.17) is 14.2 Å². The molecule has 2 fully saturated rings. The quantitative estimate of drug-likeness (QED) is 0.519. The maximum absolute atomic E-state index is 13.8. The van der Waals surface area contributed by atoms with E-state index in [1.54, 1.807) is 0 Å². The van der Waals surface area contributed by atoms with E-state index in [1.165, 1.54) is 0 Å². The summed E-state index contributed by atoms with van der Waals surface area (Å²) in [5.74, 6) is -0.716. The monoisotopic (exact) mass is 411 g/mol. The van der Waals surface area contributed by atoms with Crippen LogP contribution in [0.1, 0.15) is 61.8 Å². The Hall–Kier alpha value is -0.943. The van der Waals surface area contributed by atoms with Gasteiger partial charge in [0, 0.05) is 5.41 Å². The molecule has 28 heavy (non-hydrogen) atoms. The number of quaternary nitrogens is 1. The second-order valence-electron chi connectivity index (χ2n) is 11.3. The minimum absolute atomic E-state index is 0.137. The lowest BCUT2D eigenvalue weighted by Crippen LogP contribution is -2.69. The summed E-state index contributed by atoms with van der Waals surface area (Å²) in [6, 6.07) is 1.90. The van der Waals surface area contributed by atoms with Gasteiger partial charge in [0.2, 0.25) is 0 Å². The summed E-state index contributed by atoms with van der Waals surface area (Å²) in [6.45, 7) is 20.4. The van der Waals surface area contributed by atoms with Crippen molar-refractivity contribution in [1.29, 1.82) is 5.26 Å². The Balaban J connectivity index is 2.69. The molecular formula is C21H39N2O4Si+. The lowest BCUT2D eigenvalue weighted by molar-refractivity contribution is -0.895. The number of carbonyl (C=O) groups is 1. The van der Waals surface area contributed by atoms with Crippen LogP contribution in [-0.4, -0.2) is 61.2 Å². The number of hydrogen-bond donors (Lipinski definition) is 0. The van der Waals surface area contributed by atoms with Crippen molar-refractivity contribution in [2.24, 2.45) is 5.41 Å². The molecule has 2 aliphatic heterocycles. The van der Waals surface area contributed by atoms with Crippen LogP contribution < -0.4 is 0 Å². The van der Waals surface area contributed by atoms with Gasteiger partial charge in [-0.25, -0.2) is 4.48 Å². The highest BCUT2D eigenvalue weighted by Crippen LogP contribution is 2.52. The van der Waals surface area contributed by atoms with Crippen LogP contribution in [0.3, 0.4) is 0 Å². The van der Waals surface area contributed by atoms with Gasteiger partial charge in [-0.05, 0) is 34.6 Å². The van der Waals surface area contributed by atoms with Gasteiger partial charge in [-0.2, -0.15) is 10.1 Å². The topological polar surface area (TPSA) is 68.6 Å². The number of nitrogens with zero attached hydrogens (tertiary/aromatic N) is 2. The number of rotatable bonds is 3. The van der Waals surface area contributed by atoms with Crippen LogP contribution in [-0.2, 0) is 14.2 Å². The molecule has 0 radical (unpaired) electrons. The van der Waals surface area contributed by atoms with Crippen molar-refractivity contribution in [2.45, 2.75) is 111 Å². The fraction of sp³-hybridized carbons (Fsp3) is 0.905. The van der Waals surface area contributed by atoms with E-state index in [-0.39, 0.29) is 46.7 Å². The molecule has 160 valence electrons. The van der Waals surface area contributed by atoms with E-state index < -0.39 is 20.2 Å². The molecule has 1 amide bonds. The van der Waals surface area contributed by atoms with Crippen molar-refractivity contribution in [1.82, 2.24) is 0 Å². The lowest BCUT2D eigenvalue weighted by Gasteiger charge is -2.48. The van der Waals surface area contributed by atoms with Crippen LogP contribution in [0.15, 0.2) is 0 Å². The number of fused-ring (bicyclic) bond motifs is 1. The molecule has 2 heterocycles. The minimum Gasteiger partial charge on any atom is -0.414 e. The normalized spacial score (nSPS) is 34.9. The molecule has 2 aliphatic rings. The highest BCUT2D eigenvalue weighted by molar-refractivity contribution is 6.55. The van der Waals surface area contributed by atoms with Crippen molar-refractivity contribution < 1.29 is 23.5 Å². The summed E-state index contributed by atoms with van der Waals surface area (Å²) in [6.07, 6.45) is 0.192. The molecule has 0 bridgehead atoms. The summed E-state index contributed by atoms with van der Waals surface area (Å²) in [4.78, 5) is 13.8. The van der Waals surface area contributed by atoms with E-state index in [1.807, 2.05) is 34.6 Å². The van der Waals surface area contributed by atoms with Gasteiger partial charge in [-0.15, -0.1) is 0 Å². The van der Waals surface area contributed by atoms with E-state index in [0.717, 1.165) is 6.17 Å². The van der Waals surface area contributed by atoms with Gasteiger partial charge in [0.05, 0.1) is 27.5 Å². The Morgan fingerprint density at radius 3 is 2.11 bits per heavy atom. The maximum Gasteiger partial charge on any atom is 0.516 e. The molecule has 7 heteroatoms. The Morgan fingerprint density at radius 1 is 1.14 bits per heavy atom. The average molecular weight is 412 g/mol. The lowest BCUT2D eigenvalue weighted by atomic mass is 9.82. The second kappa shape index (κ2) is 7.39. The predicted molar refractivity (Wildman–Crippen MR) is 111 cm³/mol. The van der Waals surface area contributed by atoms with Crippen molar-refractivity contribution >= 4 is 14.9 Å². The van der Waals surface area contributed by atoms with Gasteiger partial charge in [0.15, 0.2) is 5.79 Å². The van der Waals surface area contributed by atoms with Gasteiger partial charge in [0.1, 0.15) is 29.9 Å². The summed E-state index contributed by atoms with van der Waals surface area (Å²) in [5, 5.41) is 9.65. The SMILES string of the molecule is C[SiH](C)C[N+]1(C(=O)OC(C)(C)C)C(CC#N)C2OC(C)(C)OC2C1C(C)(C)C. The molecule has 0 aromatic heterocycles. The van der Waals surface area contributed by atoms with Crippen molar-refractivity contribution in [3.63, 3.8) is 0 Å². The van der Waals surface area contributed by atoms with Crippen LogP contribution in [0.5, 0.6) is 0 Å². The van der Waals surface area contributed by atoms with E-state index >= 15 is 0 Å². The number of amides is 1.